The smallest absolute Gasteiger partial charge is 0.0123 e. The lowest BCUT2D eigenvalue weighted by molar-refractivity contribution is 0.217. The van der Waals surface area contributed by atoms with E-state index >= 15 is 0 Å². The normalized spacial score (nSPS) is 24.4. The van der Waals surface area contributed by atoms with Crippen LogP contribution in [0.25, 0.3) is 0 Å². The van der Waals surface area contributed by atoms with Crippen LogP contribution < -0.4 is 21.2 Å². The van der Waals surface area contributed by atoms with Gasteiger partial charge in [0, 0.05) is 0 Å². The molecule has 4 aromatic carbocycles. The van der Waals surface area contributed by atoms with Crippen LogP contribution in [-0.4, -0.2) is 11.3 Å². The van der Waals surface area contributed by atoms with Crippen LogP contribution in [0.4, 0.5) is 0 Å². The average Bonchev–Trinajstić information content (AvgIpc) is 3.58. The molecule has 0 spiro atoms. The lowest BCUT2D eigenvalue weighted by Gasteiger charge is -2.44. The van der Waals surface area contributed by atoms with Crippen LogP contribution in [0.2, 0.25) is 0 Å². The summed E-state index contributed by atoms with van der Waals surface area (Å²) in [5.41, 5.74) is 1.34. The Morgan fingerprint density at radius 2 is 0.730 bits per heavy atom. The third-order valence-electron chi connectivity index (χ3n) is 9.11. The first-order chi connectivity index (χ1) is 18.2. The first-order valence-corrected chi connectivity index (χ1v) is 16.8. The van der Waals surface area contributed by atoms with Crippen molar-refractivity contribution in [2.24, 2.45) is 23.7 Å². The van der Waals surface area contributed by atoms with E-state index in [2.05, 4.69) is 135 Å². The van der Waals surface area contributed by atoms with Crippen molar-refractivity contribution in [2.75, 3.05) is 0 Å². The van der Waals surface area contributed by atoms with Crippen LogP contribution in [-0.2, 0) is 0 Å². The Hall–Kier alpha value is -2.26. The molecule has 4 aromatic rings. The van der Waals surface area contributed by atoms with Gasteiger partial charge in [-0.05, 0) is 91.3 Å². The Labute approximate surface area is 226 Å². The third-order valence-corrected chi connectivity index (χ3v) is 14.8. The highest BCUT2D eigenvalue weighted by atomic mass is 31.1. The fourth-order valence-corrected chi connectivity index (χ4v) is 13.8. The quantitative estimate of drug-likeness (QED) is 0.209. The van der Waals surface area contributed by atoms with E-state index in [0.29, 0.717) is 11.3 Å². The largest absolute Gasteiger partial charge is 0.0622 e. The van der Waals surface area contributed by atoms with Crippen molar-refractivity contribution in [1.82, 2.24) is 0 Å². The summed E-state index contributed by atoms with van der Waals surface area (Å²) in [6, 6.07) is 45.7. The van der Waals surface area contributed by atoms with Gasteiger partial charge in [-0.2, -0.15) is 0 Å². The maximum atomic E-state index is 2.62. The zero-order valence-electron chi connectivity index (χ0n) is 22.0. The zero-order chi connectivity index (χ0) is 25.2. The summed E-state index contributed by atoms with van der Waals surface area (Å²) in [6.07, 6.45) is 4.32. The molecule has 188 valence electrons. The Kier molecular flexibility index (Phi) is 7.60. The first kappa shape index (κ1) is 25.0. The van der Waals surface area contributed by atoms with Gasteiger partial charge in [-0.3, -0.25) is 0 Å². The van der Waals surface area contributed by atoms with Gasteiger partial charge in [-0.25, -0.2) is 0 Å². The van der Waals surface area contributed by atoms with Crippen molar-refractivity contribution >= 4 is 37.1 Å². The van der Waals surface area contributed by atoms with E-state index in [1.54, 1.807) is 21.2 Å². The monoisotopic (exact) mass is 520 g/mol. The molecule has 2 unspecified atom stereocenters. The van der Waals surface area contributed by atoms with Gasteiger partial charge in [0.15, 0.2) is 0 Å². The summed E-state index contributed by atoms with van der Waals surface area (Å²) in [6.45, 7) is 5.23. The molecule has 6 rings (SSSR count). The fourth-order valence-electron chi connectivity index (χ4n) is 7.75. The van der Waals surface area contributed by atoms with E-state index in [9.17, 15) is 0 Å². The molecular formula is C35H38P2. The number of rotatable bonds is 8. The van der Waals surface area contributed by atoms with Crippen molar-refractivity contribution in [2.45, 2.75) is 44.4 Å². The number of fused-ring (bicyclic) bond motifs is 2. The molecule has 6 atom stereocenters. The van der Waals surface area contributed by atoms with Crippen molar-refractivity contribution in [3.05, 3.63) is 121 Å². The Balaban J connectivity index is 1.40. The lowest BCUT2D eigenvalue weighted by atomic mass is 9.76. The molecule has 37 heavy (non-hydrogen) atoms. The van der Waals surface area contributed by atoms with Crippen molar-refractivity contribution in [3.8, 4) is 0 Å². The highest BCUT2D eigenvalue weighted by Crippen LogP contribution is 2.63. The summed E-state index contributed by atoms with van der Waals surface area (Å²) in [5, 5.41) is 6.16. The van der Waals surface area contributed by atoms with Crippen LogP contribution in [0.3, 0.4) is 0 Å². The van der Waals surface area contributed by atoms with Gasteiger partial charge in [-0.1, -0.05) is 135 Å². The molecule has 0 saturated heterocycles. The van der Waals surface area contributed by atoms with Crippen molar-refractivity contribution < 1.29 is 0 Å². The van der Waals surface area contributed by atoms with Crippen LogP contribution in [0.1, 0.15) is 33.1 Å². The first-order valence-electron chi connectivity index (χ1n) is 14.0. The molecule has 0 aromatic heterocycles. The summed E-state index contributed by atoms with van der Waals surface area (Å²) in [5.74, 6) is 3.34. The van der Waals surface area contributed by atoms with Crippen LogP contribution in [0.15, 0.2) is 121 Å². The molecule has 0 heterocycles. The second-order valence-electron chi connectivity index (χ2n) is 11.1. The molecule has 2 fully saturated rings. The second kappa shape index (κ2) is 11.2. The van der Waals surface area contributed by atoms with Gasteiger partial charge in [0.05, 0.1) is 0 Å². The molecule has 0 aliphatic heterocycles. The van der Waals surface area contributed by atoms with E-state index in [-0.39, 0.29) is 0 Å². The molecular weight excluding hydrogens is 482 g/mol. The standard InChI is InChI=1S/C35H38P2/c1-26(36(30-15-7-3-8-16-30)31-17-9-4-10-18-31)34-28-23-24-29(25-28)35(34)27(2)37(32-19-11-5-12-20-32)33-21-13-6-14-22-33/h3-22,26-29,34-35H,23-25H2,1-2H3/t26-,27-,28?,29?,34+,35+/m1/s1. The molecule has 2 bridgehead atoms. The average molecular weight is 521 g/mol. The molecule has 2 saturated carbocycles. The maximum Gasteiger partial charge on any atom is -0.0123 e. The summed E-state index contributed by atoms with van der Waals surface area (Å²) in [7, 11) is -0.814. The van der Waals surface area contributed by atoms with Crippen LogP contribution >= 0.6 is 15.8 Å². The Morgan fingerprint density at radius 3 is 1.00 bits per heavy atom. The van der Waals surface area contributed by atoms with Crippen molar-refractivity contribution in [3.63, 3.8) is 0 Å². The van der Waals surface area contributed by atoms with E-state index in [0.717, 1.165) is 23.7 Å². The SMILES string of the molecule is C[C@H]([C@H]1C2CCC(C2)[C@@H]1[C@@H](C)P(c1ccccc1)c1ccccc1)P(c1ccccc1)c1ccccc1. The summed E-state index contributed by atoms with van der Waals surface area (Å²) < 4.78 is 0. The van der Waals surface area contributed by atoms with E-state index in [1.165, 1.54) is 19.3 Å². The molecule has 0 radical (unpaired) electrons. The highest BCUT2D eigenvalue weighted by Gasteiger charge is 2.53. The second-order valence-corrected chi connectivity index (χ2v) is 16.2. The van der Waals surface area contributed by atoms with E-state index in [1.807, 2.05) is 0 Å². The van der Waals surface area contributed by atoms with Gasteiger partial charge in [0.2, 0.25) is 0 Å². The Bertz CT molecular complexity index is 1080. The Morgan fingerprint density at radius 1 is 0.459 bits per heavy atom. The van der Waals surface area contributed by atoms with Gasteiger partial charge in [0.25, 0.3) is 0 Å². The minimum absolute atomic E-state index is 0.407. The zero-order valence-corrected chi connectivity index (χ0v) is 23.8. The topological polar surface area (TPSA) is 0 Å². The predicted octanol–water partition coefficient (Wildman–Crippen LogP) is 7.69. The highest BCUT2D eigenvalue weighted by molar-refractivity contribution is 7.74. The summed E-state index contributed by atoms with van der Waals surface area (Å²) >= 11 is 0. The lowest BCUT2D eigenvalue weighted by Crippen LogP contribution is -2.40. The molecule has 2 aliphatic carbocycles. The van der Waals surface area contributed by atoms with Crippen molar-refractivity contribution in [1.29, 1.82) is 0 Å². The maximum absolute atomic E-state index is 2.62. The molecule has 0 amide bonds. The number of hydrogen-bond donors (Lipinski definition) is 0. The van der Waals surface area contributed by atoms with Crippen LogP contribution in [0.5, 0.6) is 0 Å². The minimum atomic E-state index is -0.407. The third kappa shape index (κ3) is 4.97. The molecule has 2 heteroatoms. The van der Waals surface area contributed by atoms with Crippen LogP contribution in [0, 0.1) is 23.7 Å². The molecule has 2 aliphatic rings. The minimum Gasteiger partial charge on any atom is -0.0622 e. The molecule has 0 nitrogen and oxygen atoms in total. The fraction of sp³-hybridized carbons (Fsp3) is 0.314. The number of hydrogen-bond acceptors (Lipinski definition) is 0. The summed E-state index contributed by atoms with van der Waals surface area (Å²) in [4.78, 5) is 0. The molecule has 0 N–H and O–H groups in total. The number of benzene rings is 4. The van der Waals surface area contributed by atoms with Gasteiger partial charge in [0.1, 0.15) is 0 Å². The van der Waals surface area contributed by atoms with Gasteiger partial charge >= 0.3 is 0 Å². The van der Waals surface area contributed by atoms with Gasteiger partial charge in [-0.15, -0.1) is 0 Å². The van der Waals surface area contributed by atoms with E-state index in [4.69, 9.17) is 0 Å². The van der Waals surface area contributed by atoms with Gasteiger partial charge < -0.3 is 0 Å². The predicted molar refractivity (Wildman–Crippen MR) is 165 cm³/mol. The van der Waals surface area contributed by atoms with E-state index < -0.39 is 15.8 Å².